The normalized spacial score (nSPS) is 12.6. The van der Waals surface area contributed by atoms with E-state index in [1.54, 1.807) is 39.8 Å². The number of carbonyl (C=O) groups is 1. The SMILES string of the molecule is CCN(CC)S(=O)(=O)c1cc(NC(=O)[C@H](C)N)ccc1C.Cl. The number of hydrogen-bond donors (Lipinski definition) is 2. The molecule has 0 saturated heterocycles. The third-order valence-corrected chi connectivity index (χ3v) is 5.38. The number of aryl methyl sites for hydroxylation is 1. The molecule has 0 radical (unpaired) electrons. The second kappa shape index (κ2) is 8.47. The first kappa shape index (κ1) is 20.9. The molecule has 0 saturated carbocycles. The quantitative estimate of drug-likeness (QED) is 0.818. The van der Waals surface area contributed by atoms with Gasteiger partial charge in [-0.05, 0) is 31.5 Å². The Balaban J connectivity index is 0.00000441. The Kier molecular flexibility index (Phi) is 8.03. The van der Waals surface area contributed by atoms with Crippen molar-refractivity contribution < 1.29 is 13.2 Å². The number of carbonyl (C=O) groups excluding carboxylic acids is 1. The second-order valence-electron chi connectivity index (χ2n) is 4.85. The molecule has 0 fully saturated rings. The molecule has 1 aromatic rings. The monoisotopic (exact) mass is 349 g/mol. The molecule has 0 heterocycles. The minimum atomic E-state index is -3.56. The first-order valence-electron chi connectivity index (χ1n) is 6.91. The Morgan fingerprint density at radius 3 is 2.32 bits per heavy atom. The molecule has 0 aromatic heterocycles. The summed E-state index contributed by atoms with van der Waals surface area (Å²) in [6.45, 7) is 7.67. The minimum Gasteiger partial charge on any atom is -0.325 e. The standard InChI is InChI=1S/C14H23N3O3S.ClH/c1-5-17(6-2)21(19,20)13-9-12(8-7-10(13)3)16-14(18)11(4)15;/h7-9,11H,5-6,15H2,1-4H3,(H,16,18);1H/t11-;/m0./s1. The molecule has 0 bridgehead atoms. The van der Waals surface area contributed by atoms with Gasteiger partial charge in [0, 0.05) is 18.8 Å². The van der Waals surface area contributed by atoms with Gasteiger partial charge in [0.2, 0.25) is 15.9 Å². The van der Waals surface area contributed by atoms with Crippen molar-refractivity contribution in [2.75, 3.05) is 18.4 Å². The van der Waals surface area contributed by atoms with Crippen LogP contribution in [0.5, 0.6) is 0 Å². The molecule has 0 aliphatic carbocycles. The molecule has 0 unspecified atom stereocenters. The van der Waals surface area contributed by atoms with E-state index in [1.807, 2.05) is 0 Å². The van der Waals surface area contributed by atoms with Crippen LogP contribution in [0.15, 0.2) is 23.1 Å². The highest BCUT2D eigenvalue weighted by Crippen LogP contribution is 2.23. The summed E-state index contributed by atoms with van der Waals surface area (Å²) in [5, 5.41) is 2.61. The smallest absolute Gasteiger partial charge is 0.243 e. The van der Waals surface area contributed by atoms with E-state index in [9.17, 15) is 13.2 Å². The van der Waals surface area contributed by atoms with Gasteiger partial charge in [0.25, 0.3) is 0 Å². The maximum absolute atomic E-state index is 12.6. The molecular formula is C14H24ClN3O3S. The maximum Gasteiger partial charge on any atom is 0.243 e. The van der Waals surface area contributed by atoms with E-state index in [-0.39, 0.29) is 23.2 Å². The molecule has 0 aliphatic rings. The van der Waals surface area contributed by atoms with E-state index in [1.165, 1.54) is 10.4 Å². The number of nitrogens with zero attached hydrogens (tertiary/aromatic N) is 1. The van der Waals surface area contributed by atoms with Gasteiger partial charge in [-0.25, -0.2) is 8.42 Å². The summed E-state index contributed by atoms with van der Waals surface area (Å²) in [7, 11) is -3.56. The van der Waals surface area contributed by atoms with Gasteiger partial charge in [-0.3, -0.25) is 4.79 Å². The van der Waals surface area contributed by atoms with Crippen LogP contribution in [0.2, 0.25) is 0 Å². The largest absolute Gasteiger partial charge is 0.325 e. The van der Waals surface area contributed by atoms with E-state index in [0.717, 1.165) is 0 Å². The van der Waals surface area contributed by atoms with Gasteiger partial charge >= 0.3 is 0 Å². The number of sulfonamides is 1. The summed E-state index contributed by atoms with van der Waals surface area (Å²) < 4.78 is 26.5. The van der Waals surface area contributed by atoms with Crippen molar-refractivity contribution in [1.82, 2.24) is 4.31 Å². The van der Waals surface area contributed by atoms with E-state index < -0.39 is 16.1 Å². The third kappa shape index (κ3) is 4.67. The van der Waals surface area contributed by atoms with Gasteiger partial charge in [-0.1, -0.05) is 19.9 Å². The molecule has 1 aromatic carbocycles. The highest BCUT2D eigenvalue weighted by atomic mass is 35.5. The van der Waals surface area contributed by atoms with Crippen LogP contribution >= 0.6 is 12.4 Å². The van der Waals surface area contributed by atoms with E-state index in [0.29, 0.717) is 24.3 Å². The van der Waals surface area contributed by atoms with Gasteiger partial charge in [0.1, 0.15) is 0 Å². The summed E-state index contributed by atoms with van der Waals surface area (Å²) >= 11 is 0. The summed E-state index contributed by atoms with van der Waals surface area (Å²) in [5.74, 6) is -0.356. The van der Waals surface area contributed by atoms with Gasteiger partial charge in [0.15, 0.2) is 0 Å². The van der Waals surface area contributed by atoms with Crippen LogP contribution in [-0.2, 0) is 14.8 Å². The lowest BCUT2D eigenvalue weighted by Crippen LogP contribution is -2.33. The average Bonchev–Trinajstić information content (AvgIpc) is 2.41. The molecule has 1 amide bonds. The van der Waals surface area contributed by atoms with Crippen molar-refractivity contribution in [2.24, 2.45) is 5.73 Å². The number of hydrogen-bond acceptors (Lipinski definition) is 4. The minimum absolute atomic E-state index is 0. The van der Waals surface area contributed by atoms with E-state index in [2.05, 4.69) is 5.32 Å². The molecule has 8 heteroatoms. The molecule has 126 valence electrons. The zero-order chi connectivity index (χ0) is 16.2. The van der Waals surface area contributed by atoms with Crippen LogP contribution in [0.1, 0.15) is 26.3 Å². The maximum atomic E-state index is 12.6. The van der Waals surface area contributed by atoms with Crippen molar-refractivity contribution in [2.45, 2.75) is 38.6 Å². The van der Waals surface area contributed by atoms with Gasteiger partial charge in [0.05, 0.1) is 10.9 Å². The fourth-order valence-corrected chi connectivity index (χ4v) is 3.62. The number of benzene rings is 1. The lowest BCUT2D eigenvalue weighted by molar-refractivity contribution is -0.117. The van der Waals surface area contributed by atoms with Crippen molar-refractivity contribution >= 4 is 34.0 Å². The summed E-state index contributed by atoms with van der Waals surface area (Å²) in [6.07, 6.45) is 0. The molecule has 3 N–H and O–H groups in total. The van der Waals surface area contributed by atoms with Gasteiger partial charge in [-0.15, -0.1) is 12.4 Å². The molecular weight excluding hydrogens is 326 g/mol. The Hall–Kier alpha value is -1.15. The predicted molar refractivity (Wildman–Crippen MR) is 90.8 cm³/mol. The van der Waals surface area contributed by atoms with E-state index in [4.69, 9.17) is 5.73 Å². The highest BCUT2D eigenvalue weighted by Gasteiger charge is 2.24. The lowest BCUT2D eigenvalue weighted by Gasteiger charge is -2.20. The molecule has 6 nitrogen and oxygen atoms in total. The van der Waals surface area contributed by atoms with Crippen molar-refractivity contribution in [3.63, 3.8) is 0 Å². The Bertz CT molecular complexity index is 614. The van der Waals surface area contributed by atoms with Crippen LogP contribution in [-0.4, -0.2) is 37.8 Å². The molecule has 0 spiro atoms. The van der Waals surface area contributed by atoms with Crippen molar-refractivity contribution in [3.05, 3.63) is 23.8 Å². The number of nitrogens with one attached hydrogen (secondary N) is 1. The zero-order valence-electron chi connectivity index (χ0n) is 13.3. The lowest BCUT2D eigenvalue weighted by atomic mass is 10.2. The number of halogens is 1. The van der Waals surface area contributed by atoms with Crippen LogP contribution < -0.4 is 11.1 Å². The predicted octanol–water partition coefficient (Wildman–Crippen LogP) is 1.73. The van der Waals surface area contributed by atoms with Crippen molar-refractivity contribution in [1.29, 1.82) is 0 Å². The fraction of sp³-hybridized carbons (Fsp3) is 0.500. The Morgan fingerprint density at radius 1 is 1.32 bits per heavy atom. The Labute approximate surface area is 138 Å². The molecule has 1 atom stereocenters. The molecule has 1 rings (SSSR count). The highest BCUT2D eigenvalue weighted by molar-refractivity contribution is 7.89. The summed E-state index contributed by atoms with van der Waals surface area (Å²) in [6, 6.07) is 4.15. The summed E-state index contributed by atoms with van der Waals surface area (Å²) in [5.41, 5.74) is 6.55. The molecule has 22 heavy (non-hydrogen) atoms. The van der Waals surface area contributed by atoms with Gasteiger partial charge in [-0.2, -0.15) is 4.31 Å². The van der Waals surface area contributed by atoms with Crippen molar-refractivity contribution in [3.8, 4) is 0 Å². The topological polar surface area (TPSA) is 92.5 Å². The van der Waals surface area contributed by atoms with Crippen LogP contribution in [0.3, 0.4) is 0 Å². The number of rotatable bonds is 6. The average molecular weight is 350 g/mol. The third-order valence-electron chi connectivity index (χ3n) is 3.19. The van der Waals surface area contributed by atoms with E-state index >= 15 is 0 Å². The van der Waals surface area contributed by atoms with Crippen LogP contribution in [0.25, 0.3) is 0 Å². The fourth-order valence-electron chi connectivity index (χ4n) is 1.91. The number of amides is 1. The Morgan fingerprint density at radius 2 is 1.86 bits per heavy atom. The first-order valence-corrected chi connectivity index (χ1v) is 8.35. The second-order valence-corrected chi connectivity index (χ2v) is 6.75. The van der Waals surface area contributed by atoms with Gasteiger partial charge < -0.3 is 11.1 Å². The number of anilines is 1. The van der Waals surface area contributed by atoms with Crippen LogP contribution in [0, 0.1) is 6.92 Å². The number of nitrogens with two attached hydrogens (primary N) is 1. The van der Waals surface area contributed by atoms with Crippen LogP contribution in [0.4, 0.5) is 5.69 Å². The molecule has 0 aliphatic heterocycles. The zero-order valence-corrected chi connectivity index (χ0v) is 14.9. The summed E-state index contributed by atoms with van der Waals surface area (Å²) in [4.78, 5) is 11.8. The first-order chi connectivity index (χ1) is 9.73.